The Hall–Kier alpha value is -0.570. The monoisotopic (exact) mass is 264 g/mol. The van der Waals surface area contributed by atoms with E-state index in [4.69, 9.17) is 11.6 Å². The molecule has 1 aromatic carbocycles. The molecule has 0 radical (unpaired) electrons. The van der Waals surface area contributed by atoms with Crippen molar-refractivity contribution in [3.63, 3.8) is 0 Å². The van der Waals surface area contributed by atoms with E-state index in [2.05, 4.69) is 23.2 Å². The van der Waals surface area contributed by atoms with Crippen LogP contribution in [0.25, 0.3) is 0 Å². The molecule has 18 heavy (non-hydrogen) atoms. The van der Waals surface area contributed by atoms with Crippen LogP contribution in [-0.2, 0) is 6.54 Å². The summed E-state index contributed by atoms with van der Waals surface area (Å²) in [5, 5.41) is 4.40. The number of nitrogens with zero attached hydrogens (tertiary/aromatic N) is 1. The zero-order valence-corrected chi connectivity index (χ0v) is 11.7. The fraction of sp³-hybridized carbons (Fsp3) is 0.600. The first-order valence-electron chi connectivity index (χ1n) is 6.95. The van der Waals surface area contributed by atoms with Crippen molar-refractivity contribution in [3.8, 4) is 0 Å². The lowest BCUT2D eigenvalue weighted by Crippen LogP contribution is -2.27. The third-order valence-electron chi connectivity index (χ3n) is 4.49. The van der Waals surface area contributed by atoms with Crippen LogP contribution in [0.2, 0.25) is 5.02 Å². The standard InChI is InChI=1S/C15H21ClN2/c1-2-18-9-14-13(15(14)10-18)8-17-7-11-4-3-5-12(16)6-11/h3-6,13-15,17H,2,7-10H2,1H3. The highest BCUT2D eigenvalue weighted by molar-refractivity contribution is 6.30. The van der Waals surface area contributed by atoms with Crippen molar-refractivity contribution in [1.29, 1.82) is 0 Å². The lowest BCUT2D eigenvalue weighted by atomic mass is 10.2. The van der Waals surface area contributed by atoms with Crippen molar-refractivity contribution in [1.82, 2.24) is 10.2 Å². The Kier molecular flexibility index (Phi) is 3.60. The van der Waals surface area contributed by atoms with Gasteiger partial charge in [0, 0.05) is 24.7 Å². The van der Waals surface area contributed by atoms with Gasteiger partial charge in [-0.3, -0.25) is 0 Å². The van der Waals surface area contributed by atoms with Gasteiger partial charge < -0.3 is 10.2 Å². The second kappa shape index (κ2) is 5.20. The summed E-state index contributed by atoms with van der Waals surface area (Å²) < 4.78 is 0. The Morgan fingerprint density at radius 2 is 2.11 bits per heavy atom. The number of likely N-dealkylation sites (tertiary alicyclic amines) is 1. The number of benzene rings is 1. The quantitative estimate of drug-likeness (QED) is 0.880. The average molecular weight is 265 g/mol. The van der Waals surface area contributed by atoms with Crippen molar-refractivity contribution >= 4 is 11.6 Å². The molecule has 1 heterocycles. The van der Waals surface area contributed by atoms with Crippen LogP contribution < -0.4 is 5.32 Å². The fourth-order valence-corrected chi connectivity index (χ4v) is 3.54. The minimum atomic E-state index is 0.830. The lowest BCUT2D eigenvalue weighted by Gasteiger charge is -2.16. The van der Waals surface area contributed by atoms with E-state index in [9.17, 15) is 0 Å². The lowest BCUT2D eigenvalue weighted by molar-refractivity contribution is 0.297. The summed E-state index contributed by atoms with van der Waals surface area (Å²) in [6, 6.07) is 8.12. The molecule has 1 aliphatic carbocycles. The second-order valence-corrected chi connectivity index (χ2v) is 6.04. The molecule has 2 atom stereocenters. The van der Waals surface area contributed by atoms with E-state index in [1.165, 1.54) is 31.7 Å². The Morgan fingerprint density at radius 1 is 1.33 bits per heavy atom. The largest absolute Gasteiger partial charge is 0.312 e. The second-order valence-electron chi connectivity index (χ2n) is 5.60. The molecule has 2 aliphatic rings. The van der Waals surface area contributed by atoms with E-state index in [1.807, 2.05) is 18.2 Å². The van der Waals surface area contributed by atoms with Gasteiger partial charge in [-0.05, 0) is 48.5 Å². The molecule has 2 fully saturated rings. The van der Waals surface area contributed by atoms with Crippen LogP contribution in [0, 0.1) is 17.8 Å². The average Bonchev–Trinajstić information content (AvgIpc) is 2.84. The minimum Gasteiger partial charge on any atom is -0.312 e. The summed E-state index contributed by atoms with van der Waals surface area (Å²) in [4.78, 5) is 2.57. The Morgan fingerprint density at radius 3 is 2.78 bits per heavy atom. The molecule has 3 rings (SSSR count). The van der Waals surface area contributed by atoms with Gasteiger partial charge in [-0.15, -0.1) is 0 Å². The van der Waals surface area contributed by atoms with Gasteiger partial charge in [0.25, 0.3) is 0 Å². The molecule has 98 valence electrons. The van der Waals surface area contributed by atoms with Gasteiger partial charge in [0.05, 0.1) is 0 Å². The van der Waals surface area contributed by atoms with Gasteiger partial charge in [0.2, 0.25) is 0 Å². The highest BCUT2D eigenvalue weighted by Crippen LogP contribution is 2.51. The first kappa shape index (κ1) is 12.5. The van der Waals surface area contributed by atoms with Gasteiger partial charge in [0.1, 0.15) is 0 Å². The number of hydrogen-bond acceptors (Lipinski definition) is 2. The van der Waals surface area contributed by atoms with Gasteiger partial charge in [-0.1, -0.05) is 30.7 Å². The van der Waals surface area contributed by atoms with Crippen molar-refractivity contribution < 1.29 is 0 Å². The first-order valence-corrected chi connectivity index (χ1v) is 7.33. The van der Waals surface area contributed by atoms with Crippen LogP contribution in [0.3, 0.4) is 0 Å². The summed E-state index contributed by atoms with van der Waals surface area (Å²) in [6.45, 7) is 8.23. The number of nitrogens with one attached hydrogen (secondary N) is 1. The molecule has 0 aromatic heterocycles. The molecule has 0 bridgehead atoms. The predicted octanol–water partition coefficient (Wildman–Crippen LogP) is 2.63. The van der Waals surface area contributed by atoms with Crippen molar-refractivity contribution in [2.45, 2.75) is 13.5 Å². The van der Waals surface area contributed by atoms with E-state index in [1.54, 1.807) is 0 Å². The normalized spacial score (nSPS) is 30.4. The van der Waals surface area contributed by atoms with E-state index >= 15 is 0 Å². The highest BCUT2D eigenvalue weighted by Gasteiger charge is 2.54. The molecular formula is C15H21ClN2. The molecule has 1 aliphatic heterocycles. The molecule has 1 N–H and O–H groups in total. The molecule has 3 heteroatoms. The number of halogens is 1. The summed E-state index contributed by atoms with van der Waals surface area (Å²) in [7, 11) is 0. The maximum absolute atomic E-state index is 5.98. The maximum atomic E-state index is 5.98. The summed E-state index contributed by atoms with van der Waals surface area (Å²) in [5.74, 6) is 2.86. The Labute approximate surface area is 114 Å². The first-order chi connectivity index (χ1) is 8.78. The zero-order valence-electron chi connectivity index (χ0n) is 10.9. The third-order valence-corrected chi connectivity index (χ3v) is 4.73. The molecule has 2 nitrogen and oxygen atoms in total. The number of rotatable bonds is 5. The van der Waals surface area contributed by atoms with Crippen molar-refractivity contribution in [2.24, 2.45) is 17.8 Å². The summed E-state index contributed by atoms with van der Waals surface area (Å²) >= 11 is 5.98. The molecule has 1 saturated carbocycles. The third kappa shape index (κ3) is 2.56. The molecule has 0 spiro atoms. The van der Waals surface area contributed by atoms with Crippen LogP contribution in [0.15, 0.2) is 24.3 Å². The van der Waals surface area contributed by atoms with Crippen molar-refractivity contribution in [2.75, 3.05) is 26.2 Å². The van der Waals surface area contributed by atoms with Gasteiger partial charge in [-0.25, -0.2) is 0 Å². The molecule has 1 aromatic rings. The van der Waals surface area contributed by atoms with E-state index in [-0.39, 0.29) is 0 Å². The number of hydrogen-bond donors (Lipinski definition) is 1. The maximum Gasteiger partial charge on any atom is 0.0409 e. The number of piperidine rings is 1. The van der Waals surface area contributed by atoms with Gasteiger partial charge >= 0.3 is 0 Å². The molecule has 0 amide bonds. The van der Waals surface area contributed by atoms with Crippen LogP contribution in [-0.4, -0.2) is 31.1 Å². The van der Waals surface area contributed by atoms with Crippen LogP contribution in [0.1, 0.15) is 12.5 Å². The molecular weight excluding hydrogens is 244 g/mol. The van der Waals surface area contributed by atoms with E-state index < -0.39 is 0 Å². The van der Waals surface area contributed by atoms with E-state index in [0.717, 1.165) is 29.3 Å². The van der Waals surface area contributed by atoms with Gasteiger partial charge in [0.15, 0.2) is 0 Å². The van der Waals surface area contributed by atoms with Crippen LogP contribution in [0.4, 0.5) is 0 Å². The Balaban J connectivity index is 1.40. The smallest absolute Gasteiger partial charge is 0.0409 e. The van der Waals surface area contributed by atoms with Gasteiger partial charge in [-0.2, -0.15) is 0 Å². The highest BCUT2D eigenvalue weighted by atomic mass is 35.5. The SMILES string of the molecule is CCN1CC2C(CNCc3cccc(Cl)c3)C2C1. The number of fused-ring (bicyclic) bond motifs is 1. The molecule has 2 unspecified atom stereocenters. The predicted molar refractivity (Wildman–Crippen MR) is 75.7 cm³/mol. The van der Waals surface area contributed by atoms with Crippen molar-refractivity contribution in [3.05, 3.63) is 34.9 Å². The fourth-order valence-electron chi connectivity index (χ4n) is 3.33. The summed E-state index contributed by atoms with van der Waals surface area (Å²) in [6.07, 6.45) is 0. The summed E-state index contributed by atoms with van der Waals surface area (Å²) in [5.41, 5.74) is 1.28. The van der Waals surface area contributed by atoms with E-state index in [0.29, 0.717) is 0 Å². The molecule has 1 saturated heterocycles. The topological polar surface area (TPSA) is 15.3 Å². The van der Waals surface area contributed by atoms with Crippen LogP contribution >= 0.6 is 11.6 Å². The van der Waals surface area contributed by atoms with Crippen LogP contribution in [0.5, 0.6) is 0 Å². The zero-order chi connectivity index (χ0) is 12.5. The minimum absolute atomic E-state index is 0.830. The Bertz CT molecular complexity index is 409.